The number of hydrogen-bond acceptors (Lipinski definition) is 1. The molecule has 0 atom stereocenters. The van der Waals surface area contributed by atoms with Crippen molar-refractivity contribution in [2.75, 3.05) is 0 Å². The van der Waals surface area contributed by atoms with Crippen LogP contribution in [0.5, 0.6) is 0 Å². The van der Waals surface area contributed by atoms with E-state index in [0.717, 1.165) is 21.9 Å². The van der Waals surface area contributed by atoms with Crippen molar-refractivity contribution < 1.29 is 16.4 Å². The van der Waals surface area contributed by atoms with Gasteiger partial charge in [-0.2, -0.15) is 0 Å². The Bertz CT molecular complexity index is 3140. The number of fused-ring (bicyclic) bond motifs is 4. The molecule has 0 fully saturated rings. The number of aromatic nitrogens is 2. The number of imidazole rings is 1. The van der Waals surface area contributed by atoms with E-state index in [2.05, 4.69) is 0 Å². The average Bonchev–Trinajstić information content (AvgIpc) is 3.61. The molecule has 0 spiro atoms. The highest BCUT2D eigenvalue weighted by atomic mass is 15.1. The van der Waals surface area contributed by atoms with Gasteiger partial charge >= 0.3 is 0 Å². The zero-order valence-corrected chi connectivity index (χ0v) is 23.6. The molecule has 9 rings (SSSR count). The molecule has 0 amide bonds. The molecule has 1 heterocycles. The monoisotopic (exact) mass is 584 g/mol. The van der Waals surface area contributed by atoms with Crippen LogP contribution in [0.3, 0.4) is 0 Å². The molecule has 0 N–H and O–H groups in total. The second-order valence-corrected chi connectivity index (χ2v) is 10.7. The summed E-state index contributed by atoms with van der Waals surface area (Å²) >= 11 is 0. The van der Waals surface area contributed by atoms with Crippen LogP contribution in [-0.4, -0.2) is 9.55 Å². The van der Waals surface area contributed by atoms with Crippen molar-refractivity contribution in [3.63, 3.8) is 0 Å². The van der Waals surface area contributed by atoms with Gasteiger partial charge in [0.15, 0.2) is 0 Å². The van der Waals surface area contributed by atoms with Crippen LogP contribution in [0.25, 0.3) is 82.7 Å². The van der Waals surface area contributed by atoms with Crippen LogP contribution in [0, 0.1) is 0 Å². The number of benzene rings is 8. The summed E-state index contributed by atoms with van der Waals surface area (Å²) in [5.74, 6) is 0.364. The smallest absolute Gasteiger partial charge is 0.145 e. The van der Waals surface area contributed by atoms with Gasteiger partial charge in [-0.05, 0) is 90.9 Å². The highest BCUT2D eigenvalue weighted by Gasteiger charge is 2.19. The lowest BCUT2D eigenvalue weighted by atomic mass is 9.85. The predicted molar refractivity (Wildman–Crippen MR) is 190 cm³/mol. The highest BCUT2D eigenvalue weighted by molar-refractivity contribution is 6.21. The van der Waals surface area contributed by atoms with Gasteiger partial charge in [0.05, 0.1) is 27.5 Å². The molecule has 0 aliphatic rings. The van der Waals surface area contributed by atoms with Crippen molar-refractivity contribution in [2.24, 2.45) is 0 Å². The van der Waals surface area contributed by atoms with Crippen LogP contribution in [0.2, 0.25) is 0 Å². The lowest BCUT2D eigenvalue weighted by Gasteiger charge is -2.18. The molecule has 0 unspecified atom stereocenters. The summed E-state index contributed by atoms with van der Waals surface area (Å²) in [6.45, 7) is 0. The van der Waals surface area contributed by atoms with E-state index < -0.39 is 48.3 Å². The molecule has 45 heavy (non-hydrogen) atoms. The third-order valence-corrected chi connectivity index (χ3v) is 8.11. The number of para-hydroxylation sites is 3. The van der Waals surface area contributed by atoms with Gasteiger partial charge in [0.1, 0.15) is 5.82 Å². The van der Waals surface area contributed by atoms with Crippen molar-refractivity contribution in [1.29, 1.82) is 0 Å². The standard InChI is InChI=1S/C43H28N2/c1-2-17-34(18-3-1)45-40-24-11-10-23-39(40)44-43(45)33-16-12-15-31(28-33)41-35-19-6-8-21-37(35)42(38-22-9-7-20-36(38)41)32-26-25-29-13-4-5-14-30(29)27-32/h1-28H/i1D,2D,3D,4D,5D,13D,14D,17D,18D,25D,26D,27D. The Kier molecular flexibility index (Phi) is 3.71. The number of rotatable bonds is 4. The van der Waals surface area contributed by atoms with Gasteiger partial charge in [0.25, 0.3) is 0 Å². The van der Waals surface area contributed by atoms with Gasteiger partial charge in [-0.1, -0.05) is 133 Å². The molecule has 0 aliphatic carbocycles. The molecular formula is C43H28N2. The molecule has 0 aliphatic heterocycles. The van der Waals surface area contributed by atoms with E-state index in [0.29, 0.717) is 38.8 Å². The minimum Gasteiger partial charge on any atom is -0.292 e. The minimum absolute atomic E-state index is 0.0261. The quantitative estimate of drug-likeness (QED) is 0.188. The fourth-order valence-corrected chi connectivity index (χ4v) is 6.23. The van der Waals surface area contributed by atoms with Crippen molar-refractivity contribution in [3.05, 3.63) is 170 Å². The van der Waals surface area contributed by atoms with E-state index in [9.17, 15) is 2.74 Å². The Balaban J connectivity index is 1.35. The maximum absolute atomic E-state index is 9.39. The third kappa shape index (κ3) is 4.15. The Morgan fingerprint density at radius 3 is 1.82 bits per heavy atom. The van der Waals surface area contributed by atoms with Crippen LogP contribution < -0.4 is 0 Å². The first kappa shape index (κ1) is 16.2. The highest BCUT2D eigenvalue weighted by Crippen LogP contribution is 2.44. The first-order chi connectivity index (χ1) is 27.3. The Morgan fingerprint density at radius 1 is 0.489 bits per heavy atom. The number of hydrogen-bond donors (Lipinski definition) is 0. The van der Waals surface area contributed by atoms with Crippen molar-refractivity contribution in [3.8, 4) is 39.3 Å². The van der Waals surface area contributed by atoms with E-state index in [-0.39, 0.29) is 46.2 Å². The Hall–Kier alpha value is -5.99. The van der Waals surface area contributed by atoms with Crippen LogP contribution in [0.1, 0.15) is 16.4 Å². The van der Waals surface area contributed by atoms with E-state index in [1.807, 2.05) is 78.9 Å². The van der Waals surface area contributed by atoms with E-state index in [1.54, 1.807) is 22.8 Å². The second-order valence-electron chi connectivity index (χ2n) is 10.7. The summed E-state index contributed by atoms with van der Waals surface area (Å²) in [5.41, 5.74) is 3.85. The largest absolute Gasteiger partial charge is 0.292 e. The van der Waals surface area contributed by atoms with Gasteiger partial charge in [-0.25, -0.2) is 4.98 Å². The third-order valence-electron chi connectivity index (χ3n) is 8.11. The number of nitrogens with zero attached hydrogens (tertiary/aromatic N) is 2. The molecule has 0 radical (unpaired) electrons. The SMILES string of the molecule is [2H]c1c([2H])c([2H])c(-n2c(-c3cccc(-c4c5ccccc5c(-c5c([2H])c([2H])c6c([2H])c([2H])c([2H])c([2H])c6c5[2H])c5ccccc45)c3)nc3ccccc32)c([2H])c1[2H]. The van der Waals surface area contributed by atoms with E-state index in [1.165, 1.54) is 0 Å². The zero-order chi connectivity index (χ0) is 40.2. The van der Waals surface area contributed by atoms with Crippen LogP contribution in [-0.2, 0) is 0 Å². The van der Waals surface area contributed by atoms with Crippen LogP contribution >= 0.6 is 0 Å². The second kappa shape index (κ2) is 10.3. The first-order valence-corrected chi connectivity index (χ1v) is 14.4. The van der Waals surface area contributed by atoms with Crippen LogP contribution in [0.15, 0.2) is 170 Å². The summed E-state index contributed by atoms with van der Waals surface area (Å²) in [6, 6.07) is 24.7. The summed E-state index contributed by atoms with van der Waals surface area (Å²) in [7, 11) is 0. The van der Waals surface area contributed by atoms with Crippen molar-refractivity contribution in [2.45, 2.75) is 0 Å². The molecular weight excluding hydrogens is 544 g/mol. The normalized spacial score (nSPS) is 15.3. The molecule has 9 aromatic rings. The lowest BCUT2D eigenvalue weighted by molar-refractivity contribution is 1.10. The fourth-order valence-electron chi connectivity index (χ4n) is 6.23. The molecule has 0 saturated carbocycles. The molecule has 2 nitrogen and oxygen atoms in total. The Morgan fingerprint density at radius 2 is 1.09 bits per heavy atom. The van der Waals surface area contributed by atoms with Gasteiger partial charge < -0.3 is 0 Å². The van der Waals surface area contributed by atoms with Gasteiger partial charge in [0, 0.05) is 11.3 Å². The van der Waals surface area contributed by atoms with Gasteiger partial charge in [0.2, 0.25) is 0 Å². The molecule has 0 saturated heterocycles. The molecule has 210 valence electrons. The molecule has 8 aromatic carbocycles. The topological polar surface area (TPSA) is 17.8 Å². The average molecular weight is 585 g/mol. The first-order valence-electron chi connectivity index (χ1n) is 20.4. The van der Waals surface area contributed by atoms with E-state index >= 15 is 0 Å². The van der Waals surface area contributed by atoms with Crippen molar-refractivity contribution in [1.82, 2.24) is 9.55 Å². The zero-order valence-electron chi connectivity index (χ0n) is 35.6. The molecule has 1 aromatic heterocycles. The molecule has 2 heteroatoms. The predicted octanol–water partition coefficient (Wildman–Crippen LogP) is 11.5. The molecule has 0 bridgehead atoms. The summed E-state index contributed by atoms with van der Waals surface area (Å²) < 4.78 is 106. The van der Waals surface area contributed by atoms with Crippen LogP contribution in [0.4, 0.5) is 0 Å². The summed E-state index contributed by atoms with van der Waals surface area (Å²) in [5, 5.41) is 2.53. The Labute approximate surface area is 278 Å². The van der Waals surface area contributed by atoms with E-state index in [4.69, 9.17) is 18.7 Å². The lowest BCUT2D eigenvalue weighted by Crippen LogP contribution is -1.97. The van der Waals surface area contributed by atoms with Gasteiger partial charge in [-0.15, -0.1) is 0 Å². The fraction of sp³-hybridized carbons (Fsp3) is 0. The maximum Gasteiger partial charge on any atom is 0.145 e. The summed E-state index contributed by atoms with van der Waals surface area (Å²) in [6.07, 6.45) is 0. The van der Waals surface area contributed by atoms with Gasteiger partial charge in [-0.3, -0.25) is 4.57 Å². The minimum atomic E-state index is -0.529. The maximum atomic E-state index is 9.39. The van der Waals surface area contributed by atoms with Crippen molar-refractivity contribution >= 4 is 43.4 Å². The summed E-state index contributed by atoms with van der Waals surface area (Å²) in [4.78, 5) is 4.93.